The van der Waals surface area contributed by atoms with Crippen LogP contribution < -0.4 is 0 Å². The summed E-state index contributed by atoms with van der Waals surface area (Å²) in [6.45, 7) is 2.60. The molecule has 19 heavy (non-hydrogen) atoms. The van der Waals surface area contributed by atoms with Crippen molar-refractivity contribution in [2.75, 3.05) is 13.7 Å². The molecule has 2 fully saturated rings. The first-order chi connectivity index (χ1) is 9.13. The van der Waals surface area contributed by atoms with Gasteiger partial charge in [-0.1, -0.05) is 45.4 Å². The molecule has 0 N–H and O–H groups in total. The van der Waals surface area contributed by atoms with Crippen molar-refractivity contribution in [2.24, 2.45) is 10.8 Å². The number of esters is 2. The van der Waals surface area contributed by atoms with Crippen LogP contribution in [0.4, 0.5) is 0 Å². The van der Waals surface area contributed by atoms with Crippen LogP contribution in [0.25, 0.3) is 0 Å². The molecule has 0 aromatic heterocycles. The summed E-state index contributed by atoms with van der Waals surface area (Å²) in [5.41, 5.74) is -1.20. The van der Waals surface area contributed by atoms with Gasteiger partial charge in [0.15, 0.2) is 5.41 Å². The Balaban J connectivity index is 1.81. The minimum atomic E-state index is -0.953. The molecule has 4 heteroatoms. The molecule has 0 bridgehead atoms. The fourth-order valence-corrected chi connectivity index (χ4v) is 3.42. The lowest BCUT2D eigenvalue weighted by Crippen LogP contribution is -2.28. The highest BCUT2D eigenvalue weighted by molar-refractivity contribution is 6.06. The Morgan fingerprint density at radius 2 is 1.95 bits per heavy atom. The van der Waals surface area contributed by atoms with Gasteiger partial charge in [-0.15, -0.1) is 0 Å². The smallest absolute Gasteiger partial charge is 0.324 e. The highest BCUT2D eigenvalue weighted by atomic mass is 16.6. The minimum absolute atomic E-state index is 0.248. The average Bonchev–Trinajstić information content (AvgIpc) is 3.02. The Morgan fingerprint density at radius 1 is 1.26 bits per heavy atom. The summed E-state index contributed by atoms with van der Waals surface area (Å²) >= 11 is 0. The van der Waals surface area contributed by atoms with E-state index < -0.39 is 11.4 Å². The Hall–Kier alpha value is -1.06. The Kier molecular flexibility index (Phi) is 4.16. The monoisotopic (exact) mass is 268 g/mol. The number of hydrogen-bond donors (Lipinski definition) is 0. The standard InChI is InChI=1S/C15H24O4/c1-3-4-5-6-7-8-9-14-10-15(14,12(16)18-2)13(17)19-11-14/h3-11H2,1-2H3/t14-,15-/m1/s1. The molecule has 0 amide bonds. The number of cyclic esters (lactones) is 1. The molecule has 0 radical (unpaired) electrons. The molecule has 1 saturated heterocycles. The van der Waals surface area contributed by atoms with Gasteiger partial charge >= 0.3 is 11.9 Å². The van der Waals surface area contributed by atoms with Gasteiger partial charge in [-0.05, 0) is 12.8 Å². The predicted octanol–water partition coefficient (Wildman–Crippen LogP) is 2.84. The van der Waals surface area contributed by atoms with Crippen molar-refractivity contribution in [3.8, 4) is 0 Å². The molecule has 2 rings (SSSR count). The third kappa shape index (κ3) is 2.26. The molecule has 0 spiro atoms. The molecule has 1 heterocycles. The second-order valence-electron chi connectivity index (χ2n) is 5.95. The summed E-state index contributed by atoms with van der Waals surface area (Å²) in [4.78, 5) is 23.6. The second kappa shape index (κ2) is 5.51. The van der Waals surface area contributed by atoms with Crippen molar-refractivity contribution >= 4 is 11.9 Å². The fourth-order valence-electron chi connectivity index (χ4n) is 3.42. The second-order valence-corrected chi connectivity index (χ2v) is 5.95. The molecular weight excluding hydrogens is 244 g/mol. The average molecular weight is 268 g/mol. The van der Waals surface area contributed by atoms with Crippen LogP contribution in [0.1, 0.15) is 58.3 Å². The number of methoxy groups -OCH3 is 1. The number of rotatable bonds is 8. The van der Waals surface area contributed by atoms with Gasteiger partial charge in [-0.25, -0.2) is 0 Å². The summed E-state index contributed by atoms with van der Waals surface area (Å²) in [5.74, 6) is -0.772. The summed E-state index contributed by atoms with van der Waals surface area (Å²) < 4.78 is 9.89. The first kappa shape index (κ1) is 14.4. The van der Waals surface area contributed by atoms with E-state index in [1.54, 1.807) is 0 Å². The van der Waals surface area contributed by atoms with Crippen LogP contribution in [-0.2, 0) is 19.1 Å². The number of hydrogen-bond acceptors (Lipinski definition) is 4. The van der Waals surface area contributed by atoms with Crippen molar-refractivity contribution in [3.63, 3.8) is 0 Å². The highest BCUT2D eigenvalue weighted by Crippen LogP contribution is 2.71. The van der Waals surface area contributed by atoms with Crippen molar-refractivity contribution in [2.45, 2.75) is 58.3 Å². The van der Waals surface area contributed by atoms with E-state index >= 15 is 0 Å². The zero-order valence-electron chi connectivity index (χ0n) is 12.0. The SMILES string of the molecule is CCCCCCCC[C@@]12COC(=O)[C@]1(C(=O)OC)C2. The van der Waals surface area contributed by atoms with Gasteiger partial charge in [0, 0.05) is 5.41 Å². The van der Waals surface area contributed by atoms with E-state index in [0.717, 1.165) is 12.8 Å². The van der Waals surface area contributed by atoms with E-state index in [2.05, 4.69) is 6.92 Å². The number of unbranched alkanes of at least 4 members (excludes halogenated alkanes) is 5. The van der Waals surface area contributed by atoms with Gasteiger partial charge in [0.1, 0.15) is 0 Å². The molecule has 1 aliphatic carbocycles. The third-order valence-electron chi connectivity index (χ3n) is 4.75. The number of carbonyl (C=O) groups is 2. The topological polar surface area (TPSA) is 52.6 Å². The van der Waals surface area contributed by atoms with Crippen LogP contribution >= 0.6 is 0 Å². The predicted molar refractivity (Wildman–Crippen MR) is 70.5 cm³/mol. The summed E-state index contributed by atoms with van der Waals surface area (Å²) in [6.07, 6.45) is 8.83. The lowest BCUT2D eigenvalue weighted by Gasteiger charge is -2.12. The first-order valence-electron chi connectivity index (χ1n) is 7.38. The molecule has 1 aliphatic heterocycles. The van der Waals surface area contributed by atoms with Crippen molar-refractivity contribution in [1.82, 2.24) is 0 Å². The van der Waals surface area contributed by atoms with Gasteiger partial charge in [0.25, 0.3) is 0 Å². The van der Waals surface area contributed by atoms with Crippen LogP contribution in [0.15, 0.2) is 0 Å². The van der Waals surface area contributed by atoms with Crippen LogP contribution in [0.2, 0.25) is 0 Å². The Bertz CT molecular complexity index is 365. The van der Waals surface area contributed by atoms with E-state index in [-0.39, 0.29) is 11.4 Å². The maximum absolute atomic E-state index is 11.8. The number of ether oxygens (including phenoxy) is 2. The molecule has 4 nitrogen and oxygen atoms in total. The largest absolute Gasteiger partial charge is 0.468 e. The molecule has 0 aromatic rings. The van der Waals surface area contributed by atoms with Crippen LogP contribution in [-0.4, -0.2) is 25.7 Å². The minimum Gasteiger partial charge on any atom is -0.468 e. The quantitative estimate of drug-likeness (QED) is 0.386. The number of fused-ring (bicyclic) bond motifs is 1. The molecule has 2 atom stereocenters. The van der Waals surface area contributed by atoms with E-state index in [9.17, 15) is 9.59 Å². The summed E-state index contributed by atoms with van der Waals surface area (Å²) in [7, 11) is 1.34. The molecule has 1 saturated carbocycles. The van der Waals surface area contributed by atoms with Crippen LogP contribution in [0, 0.1) is 10.8 Å². The maximum atomic E-state index is 11.8. The van der Waals surface area contributed by atoms with Gasteiger partial charge in [0.05, 0.1) is 13.7 Å². The van der Waals surface area contributed by atoms with Crippen LogP contribution in [0.5, 0.6) is 0 Å². The van der Waals surface area contributed by atoms with Gasteiger partial charge in [0.2, 0.25) is 0 Å². The molecule has 108 valence electrons. The van der Waals surface area contributed by atoms with E-state index in [0.29, 0.717) is 13.0 Å². The lowest BCUT2D eigenvalue weighted by molar-refractivity contribution is -0.158. The highest BCUT2D eigenvalue weighted by Gasteiger charge is 2.81. The van der Waals surface area contributed by atoms with Gasteiger partial charge < -0.3 is 9.47 Å². The van der Waals surface area contributed by atoms with Gasteiger partial charge in [-0.3, -0.25) is 9.59 Å². The summed E-state index contributed by atoms with van der Waals surface area (Å²) in [6, 6.07) is 0. The first-order valence-corrected chi connectivity index (χ1v) is 7.38. The van der Waals surface area contributed by atoms with Crippen molar-refractivity contribution in [1.29, 1.82) is 0 Å². The molecule has 0 unspecified atom stereocenters. The molecule has 2 aliphatic rings. The van der Waals surface area contributed by atoms with Crippen LogP contribution in [0.3, 0.4) is 0 Å². The van der Waals surface area contributed by atoms with E-state index in [4.69, 9.17) is 9.47 Å². The Labute approximate surface area is 114 Å². The van der Waals surface area contributed by atoms with E-state index in [1.807, 2.05) is 0 Å². The Morgan fingerprint density at radius 3 is 2.63 bits per heavy atom. The van der Waals surface area contributed by atoms with Crippen molar-refractivity contribution < 1.29 is 19.1 Å². The molecular formula is C15H24O4. The fraction of sp³-hybridized carbons (Fsp3) is 0.867. The van der Waals surface area contributed by atoms with E-state index in [1.165, 1.54) is 39.2 Å². The molecule has 0 aromatic carbocycles. The zero-order chi connectivity index (χ0) is 13.9. The summed E-state index contributed by atoms with van der Waals surface area (Å²) in [5, 5.41) is 0. The number of carbonyl (C=O) groups excluding carboxylic acids is 2. The normalized spacial score (nSPS) is 31.8. The van der Waals surface area contributed by atoms with Gasteiger partial charge in [-0.2, -0.15) is 0 Å². The van der Waals surface area contributed by atoms with Crippen molar-refractivity contribution in [3.05, 3.63) is 0 Å². The third-order valence-corrected chi connectivity index (χ3v) is 4.75. The zero-order valence-corrected chi connectivity index (χ0v) is 12.0. The maximum Gasteiger partial charge on any atom is 0.324 e. The lowest BCUT2D eigenvalue weighted by atomic mass is 9.90.